The molecule has 1 aliphatic rings. The van der Waals surface area contributed by atoms with E-state index < -0.39 is 0 Å². The Morgan fingerprint density at radius 1 is 1.00 bits per heavy atom. The quantitative estimate of drug-likeness (QED) is 0.322. The van der Waals surface area contributed by atoms with Crippen LogP contribution in [0.2, 0.25) is 5.02 Å². The Hall–Kier alpha value is -3.48. The standard InChI is InChI=1S/C27H23ClN4OS/c1-17-9-6-7-12-21(17)16-32-18(2)23(24(29-27(32)34)19-10-4-3-5-11-19)26-30-25(31-33-26)20-13-8-14-22(28)15-20/h3-15,24H,16H2,1-2H3,(H,29,34). The van der Waals surface area contributed by atoms with Crippen molar-refractivity contribution in [3.05, 3.63) is 112 Å². The molecule has 0 spiro atoms. The van der Waals surface area contributed by atoms with Gasteiger partial charge in [0, 0.05) is 16.3 Å². The molecule has 0 fully saturated rings. The van der Waals surface area contributed by atoms with E-state index in [9.17, 15) is 0 Å². The summed E-state index contributed by atoms with van der Waals surface area (Å²) in [7, 11) is 0. The number of aryl methyl sites for hydroxylation is 1. The summed E-state index contributed by atoms with van der Waals surface area (Å²) in [6.07, 6.45) is 0. The lowest BCUT2D eigenvalue weighted by molar-refractivity contribution is 0.396. The first-order valence-electron chi connectivity index (χ1n) is 11.0. The molecule has 5 rings (SSSR count). The van der Waals surface area contributed by atoms with E-state index in [-0.39, 0.29) is 6.04 Å². The maximum Gasteiger partial charge on any atom is 0.258 e. The second-order valence-electron chi connectivity index (χ2n) is 8.24. The Balaban J connectivity index is 1.61. The van der Waals surface area contributed by atoms with Gasteiger partial charge in [-0.1, -0.05) is 83.5 Å². The highest BCUT2D eigenvalue weighted by Gasteiger charge is 2.34. The van der Waals surface area contributed by atoms with Gasteiger partial charge < -0.3 is 14.7 Å². The number of aromatic nitrogens is 2. The van der Waals surface area contributed by atoms with E-state index in [2.05, 4.69) is 53.5 Å². The van der Waals surface area contributed by atoms with Crippen molar-refractivity contribution in [2.75, 3.05) is 0 Å². The summed E-state index contributed by atoms with van der Waals surface area (Å²) in [5.74, 6) is 0.939. The number of thiocarbonyl (C=S) groups is 1. The number of halogens is 1. The third-order valence-electron chi connectivity index (χ3n) is 6.06. The highest BCUT2D eigenvalue weighted by atomic mass is 35.5. The lowest BCUT2D eigenvalue weighted by Gasteiger charge is -2.37. The van der Waals surface area contributed by atoms with Gasteiger partial charge in [-0.3, -0.25) is 0 Å². The van der Waals surface area contributed by atoms with Gasteiger partial charge in [0.1, 0.15) is 0 Å². The van der Waals surface area contributed by atoms with Crippen molar-refractivity contribution in [1.82, 2.24) is 20.4 Å². The highest BCUT2D eigenvalue weighted by molar-refractivity contribution is 7.80. The molecule has 4 aromatic rings. The summed E-state index contributed by atoms with van der Waals surface area (Å²) >= 11 is 12.0. The van der Waals surface area contributed by atoms with Gasteiger partial charge in [-0.2, -0.15) is 4.98 Å². The van der Waals surface area contributed by atoms with Gasteiger partial charge in [0.2, 0.25) is 5.82 Å². The van der Waals surface area contributed by atoms with E-state index >= 15 is 0 Å². The summed E-state index contributed by atoms with van der Waals surface area (Å²) in [5, 5.41) is 9.04. The molecule has 1 N–H and O–H groups in total. The topological polar surface area (TPSA) is 54.2 Å². The minimum absolute atomic E-state index is 0.213. The molecule has 1 aromatic heterocycles. The van der Waals surface area contributed by atoms with Crippen LogP contribution in [0.3, 0.4) is 0 Å². The molecular formula is C27H23ClN4OS. The van der Waals surface area contributed by atoms with Crippen molar-refractivity contribution in [2.45, 2.75) is 26.4 Å². The highest BCUT2D eigenvalue weighted by Crippen LogP contribution is 2.38. The Kier molecular flexibility index (Phi) is 6.18. The van der Waals surface area contributed by atoms with Crippen LogP contribution in [0.4, 0.5) is 0 Å². The molecule has 0 aliphatic carbocycles. The average Bonchev–Trinajstić information content (AvgIpc) is 3.33. The van der Waals surface area contributed by atoms with Gasteiger partial charge in [0.05, 0.1) is 18.2 Å². The van der Waals surface area contributed by atoms with Gasteiger partial charge >= 0.3 is 0 Å². The molecule has 1 atom stereocenters. The minimum Gasteiger partial charge on any atom is -0.351 e. The van der Waals surface area contributed by atoms with Crippen molar-refractivity contribution in [2.24, 2.45) is 0 Å². The molecule has 1 aliphatic heterocycles. The number of benzene rings is 3. The number of allylic oxidation sites excluding steroid dienone is 1. The zero-order valence-electron chi connectivity index (χ0n) is 18.8. The van der Waals surface area contributed by atoms with Crippen LogP contribution in [0.1, 0.15) is 35.5 Å². The molecule has 7 heteroatoms. The van der Waals surface area contributed by atoms with Crippen molar-refractivity contribution < 1.29 is 4.52 Å². The maximum atomic E-state index is 6.18. The molecule has 0 radical (unpaired) electrons. The summed E-state index contributed by atoms with van der Waals surface area (Å²) in [4.78, 5) is 6.84. The van der Waals surface area contributed by atoms with Crippen LogP contribution in [-0.2, 0) is 6.54 Å². The Morgan fingerprint density at radius 2 is 1.76 bits per heavy atom. The molecule has 5 nitrogen and oxygen atoms in total. The van der Waals surface area contributed by atoms with Gasteiger partial charge in [0.15, 0.2) is 5.11 Å². The number of hydrogen-bond acceptors (Lipinski definition) is 4. The third-order valence-corrected chi connectivity index (χ3v) is 6.63. The van der Waals surface area contributed by atoms with E-state index in [4.69, 9.17) is 33.3 Å². The van der Waals surface area contributed by atoms with Crippen LogP contribution < -0.4 is 5.32 Å². The second kappa shape index (κ2) is 9.41. The molecule has 170 valence electrons. The van der Waals surface area contributed by atoms with E-state index in [0.717, 1.165) is 22.4 Å². The van der Waals surface area contributed by atoms with E-state index in [1.54, 1.807) is 0 Å². The maximum absolute atomic E-state index is 6.18. The van der Waals surface area contributed by atoms with Crippen LogP contribution in [0, 0.1) is 6.92 Å². The molecule has 0 saturated carbocycles. The fourth-order valence-corrected chi connectivity index (χ4v) is 4.69. The lowest BCUT2D eigenvalue weighted by atomic mass is 9.94. The first-order chi connectivity index (χ1) is 16.5. The summed E-state index contributed by atoms with van der Waals surface area (Å²) in [5.41, 5.74) is 6.15. The predicted molar refractivity (Wildman–Crippen MR) is 139 cm³/mol. The fourth-order valence-electron chi connectivity index (χ4n) is 4.18. The Labute approximate surface area is 209 Å². The Morgan fingerprint density at radius 3 is 2.53 bits per heavy atom. The number of hydrogen-bond donors (Lipinski definition) is 1. The lowest BCUT2D eigenvalue weighted by Crippen LogP contribution is -2.45. The molecule has 3 aromatic carbocycles. The van der Waals surface area contributed by atoms with Crippen molar-refractivity contribution >= 4 is 34.5 Å². The second-order valence-corrected chi connectivity index (χ2v) is 9.06. The number of nitrogens with one attached hydrogen (secondary N) is 1. The summed E-state index contributed by atoms with van der Waals surface area (Å²) in [6, 6.07) is 25.7. The normalized spacial score (nSPS) is 16.0. The zero-order valence-corrected chi connectivity index (χ0v) is 20.4. The molecular weight excluding hydrogens is 464 g/mol. The largest absolute Gasteiger partial charge is 0.351 e. The first kappa shape index (κ1) is 22.3. The van der Waals surface area contributed by atoms with Gasteiger partial charge in [-0.25, -0.2) is 0 Å². The van der Waals surface area contributed by atoms with Crippen LogP contribution in [0.5, 0.6) is 0 Å². The van der Waals surface area contributed by atoms with E-state index in [1.165, 1.54) is 11.1 Å². The zero-order chi connectivity index (χ0) is 23.7. The molecule has 0 bridgehead atoms. The molecule has 1 unspecified atom stereocenters. The SMILES string of the molecule is CC1=C(c2nc(-c3cccc(Cl)c3)no2)C(c2ccccc2)NC(=S)N1Cc1ccccc1C. The first-order valence-corrected chi connectivity index (χ1v) is 11.8. The van der Waals surface area contributed by atoms with Crippen LogP contribution in [0.25, 0.3) is 17.0 Å². The Bertz CT molecular complexity index is 1380. The van der Waals surface area contributed by atoms with Crippen molar-refractivity contribution in [1.29, 1.82) is 0 Å². The molecule has 0 saturated heterocycles. The monoisotopic (exact) mass is 486 g/mol. The molecule has 34 heavy (non-hydrogen) atoms. The predicted octanol–water partition coefficient (Wildman–Crippen LogP) is 6.56. The fraction of sp³-hybridized carbons (Fsp3) is 0.148. The summed E-state index contributed by atoms with van der Waals surface area (Å²) in [6.45, 7) is 4.81. The average molecular weight is 487 g/mol. The van der Waals surface area contributed by atoms with Crippen LogP contribution in [0.15, 0.2) is 89.1 Å². The molecule has 0 amide bonds. The number of rotatable bonds is 5. The number of nitrogens with zero attached hydrogens (tertiary/aromatic N) is 3. The van der Waals surface area contributed by atoms with Crippen LogP contribution in [-0.4, -0.2) is 20.2 Å². The van der Waals surface area contributed by atoms with Gasteiger partial charge in [0.25, 0.3) is 5.89 Å². The van der Waals surface area contributed by atoms with E-state index in [1.807, 2.05) is 54.6 Å². The van der Waals surface area contributed by atoms with E-state index in [0.29, 0.717) is 28.4 Å². The van der Waals surface area contributed by atoms with Crippen molar-refractivity contribution in [3.8, 4) is 11.4 Å². The van der Waals surface area contributed by atoms with Crippen LogP contribution >= 0.6 is 23.8 Å². The third kappa shape index (κ3) is 4.34. The van der Waals surface area contributed by atoms with Gasteiger partial charge in [-0.05, 0) is 54.9 Å². The smallest absolute Gasteiger partial charge is 0.258 e. The molecule has 2 heterocycles. The summed E-state index contributed by atoms with van der Waals surface area (Å²) < 4.78 is 5.81. The minimum atomic E-state index is -0.213. The van der Waals surface area contributed by atoms with Gasteiger partial charge in [-0.15, -0.1) is 0 Å². The van der Waals surface area contributed by atoms with Crippen molar-refractivity contribution in [3.63, 3.8) is 0 Å².